The van der Waals surface area contributed by atoms with Gasteiger partial charge in [-0.15, -0.1) is 0 Å². The summed E-state index contributed by atoms with van der Waals surface area (Å²) in [6, 6.07) is 24.2. The third kappa shape index (κ3) is 4.94. The third-order valence-corrected chi connectivity index (χ3v) is 5.31. The molecule has 0 atom stereocenters. The van der Waals surface area contributed by atoms with Crippen LogP contribution in [0.25, 0.3) is 0 Å². The van der Waals surface area contributed by atoms with Crippen molar-refractivity contribution in [3.05, 3.63) is 95.6 Å². The Bertz CT molecular complexity index is 948. The predicted octanol–water partition coefficient (Wildman–Crippen LogP) is 4.90. The van der Waals surface area contributed by atoms with Crippen molar-refractivity contribution in [1.82, 2.24) is 0 Å². The molecule has 0 radical (unpaired) electrons. The summed E-state index contributed by atoms with van der Waals surface area (Å²) in [7, 11) is -3.30. The fourth-order valence-electron chi connectivity index (χ4n) is 2.68. The molecule has 0 fully saturated rings. The van der Waals surface area contributed by atoms with E-state index in [-0.39, 0.29) is 11.5 Å². The maximum absolute atomic E-state index is 12.6. The number of hydrogen-bond acceptors (Lipinski definition) is 3. The van der Waals surface area contributed by atoms with Gasteiger partial charge in [0.25, 0.3) is 0 Å². The molecule has 0 heterocycles. The smallest absolute Gasteiger partial charge is 0.158 e. The number of benzene rings is 3. The minimum Gasteiger partial charge on any atom is -0.457 e. The van der Waals surface area contributed by atoms with Crippen molar-refractivity contribution in [2.24, 2.45) is 0 Å². The van der Waals surface area contributed by atoms with Gasteiger partial charge in [0, 0.05) is 5.56 Å². The molecule has 3 rings (SSSR count). The Balaban J connectivity index is 1.80. The van der Waals surface area contributed by atoms with Crippen molar-refractivity contribution in [2.75, 3.05) is 0 Å². The standard InChI is InChI=1S/C21H20O3S/c1-17-8-7-9-18(14-17)15-25(22,23)16-19-10-5-6-13-21(19)24-20-11-3-2-4-12-20/h2-14H,15-16H2,1H3. The van der Waals surface area contributed by atoms with Gasteiger partial charge < -0.3 is 4.74 Å². The first kappa shape index (κ1) is 17.2. The number of hydrogen-bond donors (Lipinski definition) is 0. The van der Waals surface area contributed by atoms with Crippen molar-refractivity contribution >= 4 is 9.84 Å². The Kier molecular flexibility index (Phi) is 5.19. The van der Waals surface area contributed by atoms with Crippen molar-refractivity contribution in [2.45, 2.75) is 18.4 Å². The predicted molar refractivity (Wildman–Crippen MR) is 100 cm³/mol. The first-order valence-electron chi connectivity index (χ1n) is 8.09. The summed E-state index contributed by atoms with van der Waals surface area (Å²) in [4.78, 5) is 0. The number of rotatable bonds is 6. The minimum atomic E-state index is -3.30. The van der Waals surface area contributed by atoms with Crippen LogP contribution in [0.3, 0.4) is 0 Å². The van der Waals surface area contributed by atoms with Crippen LogP contribution in [-0.4, -0.2) is 8.42 Å². The summed E-state index contributed by atoms with van der Waals surface area (Å²) >= 11 is 0. The molecule has 3 nitrogen and oxygen atoms in total. The van der Waals surface area contributed by atoms with Crippen molar-refractivity contribution < 1.29 is 13.2 Å². The summed E-state index contributed by atoms with van der Waals surface area (Å²) in [5.41, 5.74) is 2.53. The zero-order valence-corrected chi connectivity index (χ0v) is 14.9. The summed E-state index contributed by atoms with van der Waals surface area (Å²) in [6.45, 7) is 1.96. The quantitative estimate of drug-likeness (QED) is 0.633. The highest BCUT2D eigenvalue weighted by Gasteiger charge is 2.16. The summed E-state index contributed by atoms with van der Waals surface area (Å²) in [5.74, 6) is 1.23. The fourth-order valence-corrected chi connectivity index (χ4v) is 4.18. The normalized spacial score (nSPS) is 11.2. The lowest BCUT2D eigenvalue weighted by Crippen LogP contribution is -2.08. The maximum Gasteiger partial charge on any atom is 0.158 e. The fraction of sp³-hybridized carbons (Fsp3) is 0.143. The zero-order chi connectivity index (χ0) is 17.7. The maximum atomic E-state index is 12.6. The molecule has 0 aromatic heterocycles. The molecule has 25 heavy (non-hydrogen) atoms. The van der Waals surface area contributed by atoms with Gasteiger partial charge in [-0.1, -0.05) is 66.2 Å². The van der Waals surface area contributed by atoms with Gasteiger partial charge in [-0.05, 0) is 30.7 Å². The highest BCUT2D eigenvalue weighted by molar-refractivity contribution is 7.89. The van der Waals surface area contributed by atoms with Crippen LogP contribution in [0.4, 0.5) is 0 Å². The topological polar surface area (TPSA) is 43.4 Å². The Morgan fingerprint density at radius 1 is 0.800 bits per heavy atom. The van der Waals surface area contributed by atoms with E-state index < -0.39 is 9.84 Å². The van der Waals surface area contributed by atoms with Gasteiger partial charge in [0.2, 0.25) is 0 Å². The molecular weight excluding hydrogens is 332 g/mol. The molecule has 0 saturated heterocycles. The van der Waals surface area contributed by atoms with E-state index in [2.05, 4.69) is 0 Å². The van der Waals surface area contributed by atoms with Crippen LogP contribution in [0, 0.1) is 6.92 Å². The Morgan fingerprint density at radius 2 is 1.52 bits per heavy atom. The van der Waals surface area contributed by atoms with E-state index in [0.29, 0.717) is 17.1 Å². The minimum absolute atomic E-state index is 0.0222. The average molecular weight is 352 g/mol. The number of sulfone groups is 1. The first-order valence-corrected chi connectivity index (χ1v) is 9.91. The lowest BCUT2D eigenvalue weighted by molar-refractivity contribution is 0.477. The van der Waals surface area contributed by atoms with Gasteiger partial charge in [-0.3, -0.25) is 0 Å². The highest BCUT2D eigenvalue weighted by atomic mass is 32.2. The van der Waals surface area contributed by atoms with Gasteiger partial charge in [-0.25, -0.2) is 8.42 Å². The van der Waals surface area contributed by atoms with Gasteiger partial charge in [0.15, 0.2) is 9.84 Å². The van der Waals surface area contributed by atoms with Crippen molar-refractivity contribution in [3.63, 3.8) is 0 Å². The van der Waals surface area contributed by atoms with Gasteiger partial charge in [0.1, 0.15) is 11.5 Å². The van der Waals surface area contributed by atoms with Gasteiger partial charge in [0.05, 0.1) is 11.5 Å². The van der Waals surface area contributed by atoms with Gasteiger partial charge in [-0.2, -0.15) is 0 Å². The Morgan fingerprint density at radius 3 is 2.28 bits per heavy atom. The molecule has 0 unspecified atom stereocenters. The van der Waals surface area contributed by atoms with Crippen molar-refractivity contribution in [3.8, 4) is 11.5 Å². The Labute approximate surface area is 148 Å². The van der Waals surface area contributed by atoms with Crippen LogP contribution in [0.5, 0.6) is 11.5 Å². The van der Waals surface area contributed by atoms with Crippen LogP contribution in [-0.2, 0) is 21.3 Å². The van der Waals surface area contributed by atoms with Crippen molar-refractivity contribution in [1.29, 1.82) is 0 Å². The lowest BCUT2D eigenvalue weighted by atomic mass is 10.2. The second-order valence-corrected chi connectivity index (χ2v) is 8.11. The van der Waals surface area contributed by atoms with Crippen LogP contribution < -0.4 is 4.74 Å². The SMILES string of the molecule is Cc1cccc(CS(=O)(=O)Cc2ccccc2Oc2ccccc2)c1. The molecule has 0 spiro atoms. The van der Waals surface area contributed by atoms with E-state index in [1.807, 2.05) is 73.7 Å². The number of aryl methyl sites for hydroxylation is 1. The molecular formula is C21H20O3S. The average Bonchev–Trinajstić information content (AvgIpc) is 2.57. The molecule has 3 aromatic carbocycles. The van der Waals surface area contributed by atoms with Crippen LogP contribution in [0.15, 0.2) is 78.9 Å². The van der Waals surface area contributed by atoms with E-state index >= 15 is 0 Å². The van der Waals surface area contributed by atoms with Gasteiger partial charge >= 0.3 is 0 Å². The monoisotopic (exact) mass is 352 g/mol. The molecule has 4 heteroatoms. The van der Waals surface area contributed by atoms with E-state index in [1.54, 1.807) is 12.1 Å². The molecule has 128 valence electrons. The number of para-hydroxylation sites is 2. The highest BCUT2D eigenvalue weighted by Crippen LogP contribution is 2.27. The molecule has 0 aliphatic rings. The molecule has 0 aliphatic heterocycles. The molecule has 0 amide bonds. The third-order valence-electron chi connectivity index (χ3n) is 3.79. The molecule has 0 aliphatic carbocycles. The molecule has 0 saturated carbocycles. The largest absolute Gasteiger partial charge is 0.457 e. The lowest BCUT2D eigenvalue weighted by Gasteiger charge is -2.12. The van der Waals surface area contributed by atoms with E-state index in [1.165, 1.54) is 0 Å². The molecule has 0 bridgehead atoms. The molecule has 0 N–H and O–H groups in total. The van der Waals surface area contributed by atoms with Crippen LogP contribution in [0.2, 0.25) is 0 Å². The first-order chi connectivity index (χ1) is 12.0. The second-order valence-electron chi connectivity index (χ2n) is 6.04. The molecule has 3 aromatic rings. The summed E-state index contributed by atoms with van der Waals surface area (Å²) in [5, 5.41) is 0. The summed E-state index contributed by atoms with van der Waals surface area (Å²) < 4.78 is 31.1. The second kappa shape index (κ2) is 7.53. The van der Waals surface area contributed by atoms with Crippen LogP contribution in [0.1, 0.15) is 16.7 Å². The zero-order valence-electron chi connectivity index (χ0n) is 14.1. The van der Waals surface area contributed by atoms with E-state index in [4.69, 9.17) is 4.74 Å². The van der Waals surface area contributed by atoms with Crippen LogP contribution >= 0.6 is 0 Å². The van der Waals surface area contributed by atoms with E-state index in [9.17, 15) is 8.42 Å². The Hall–Kier alpha value is -2.59. The number of ether oxygens (including phenoxy) is 1. The van der Waals surface area contributed by atoms with E-state index in [0.717, 1.165) is 11.1 Å². The summed E-state index contributed by atoms with van der Waals surface area (Å²) in [6.07, 6.45) is 0.